The van der Waals surface area contributed by atoms with Gasteiger partial charge in [0.1, 0.15) is 27.9 Å². The summed E-state index contributed by atoms with van der Waals surface area (Å²) < 4.78 is 18.8. The average molecular weight is 703 g/mol. The molecule has 0 saturated carbocycles. The molecule has 0 N–H and O–H groups in total. The second-order valence-corrected chi connectivity index (χ2v) is 14.4. The molecule has 12 rings (SSSR count). The van der Waals surface area contributed by atoms with Crippen molar-refractivity contribution in [3.8, 4) is 44.5 Å². The van der Waals surface area contributed by atoms with E-state index < -0.39 is 0 Å². The summed E-state index contributed by atoms with van der Waals surface area (Å²) in [5.74, 6) is 0. The second-order valence-electron chi connectivity index (χ2n) is 14.4. The van der Waals surface area contributed by atoms with Crippen LogP contribution in [0.2, 0.25) is 0 Å². The first-order valence-corrected chi connectivity index (χ1v) is 18.6. The summed E-state index contributed by atoms with van der Waals surface area (Å²) in [6.45, 7) is 0. The van der Waals surface area contributed by atoms with Crippen LogP contribution < -0.4 is 0 Å². The van der Waals surface area contributed by atoms with Crippen LogP contribution in [0.3, 0.4) is 0 Å². The van der Waals surface area contributed by atoms with Crippen molar-refractivity contribution < 1.29 is 13.3 Å². The molecular weight excluding hydrogens is 673 g/mol. The van der Waals surface area contributed by atoms with Crippen LogP contribution in [0.4, 0.5) is 0 Å². The number of fused-ring (bicyclic) bond motifs is 10. The van der Waals surface area contributed by atoms with Gasteiger partial charge in [-0.2, -0.15) is 0 Å². The van der Waals surface area contributed by atoms with Crippen molar-refractivity contribution >= 4 is 76.4 Å². The zero-order valence-electron chi connectivity index (χ0n) is 29.5. The van der Waals surface area contributed by atoms with E-state index in [1.165, 1.54) is 43.8 Å². The molecule has 0 saturated heterocycles. The van der Waals surface area contributed by atoms with Crippen molar-refractivity contribution in [2.75, 3.05) is 0 Å². The minimum atomic E-state index is 0.835. The molecule has 0 bridgehead atoms. The van der Waals surface area contributed by atoms with E-state index in [4.69, 9.17) is 13.3 Å². The van der Waals surface area contributed by atoms with Gasteiger partial charge in [0.2, 0.25) is 0 Å². The molecule has 0 aliphatic carbocycles. The molecule has 0 amide bonds. The molecule has 3 nitrogen and oxygen atoms in total. The van der Waals surface area contributed by atoms with E-state index in [0.717, 1.165) is 77.1 Å². The lowest BCUT2D eigenvalue weighted by Gasteiger charge is -2.19. The third kappa shape index (κ3) is 4.50. The first-order chi connectivity index (χ1) is 27.3. The highest BCUT2D eigenvalue weighted by Crippen LogP contribution is 2.47. The van der Waals surface area contributed by atoms with Crippen molar-refractivity contribution in [3.63, 3.8) is 0 Å². The van der Waals surface area contributed by atoms with Gasteiger partial charge in [-0.3, -0.25) is 0 Å². The van der Waals surface area contributed by atoms with Crippen LogP contribution in [0, 0.1) is 0 Å². The SMILES string of the molecule is c1ccc(-c2ccc(-c3c4ccccc4c(-c4ccc5c(c4)oc4c5ccc5oc6ccccc6c54)c4ccccc34)cc2-c2ccc3ccoc3c2)cc1. The molecule has 9 aromatic carbocycles. The molecule has 0 aliphatic heterocycles. The largest absolute Gasteiger partial charge is 0.464 e. The summed E-state index contributed by atoms with van der Waals surface area (Å²) in [5, 5.41) is 10.2. The Morgan fingerprint density at radius 2 is 0.927 bits per heavy atom. The van der Waals surface area contributed by atoms with E-state index in [1.807, 2.05) is 18.2 Å². The van der Waals surface area contributed by atoms with Gasteiger partial charge in [-0.1, -0.05) is 127 Å². The molecule has 3 heterocycles. The highest BCUT2D eigenvalue weighted by Gasteiger charge is 2.21. The third-order valence-electron chi connectivity index (χ3n) is 11.4. The summed E-state index contributed by atoms with van der Waals surface area (Å²) in [6.07, 6.45) is 1.76. The number of furan rings is 3. The summed E-state index contributed by atoms with van der Waals surface area (Å²) in [5.41, 5.74) is 13.6. The van der Waals surface area contributed by atoms with Crippen LogP contribution >= 0.6 is 0 Å². The lowest BCUT2D eigenvalue weighted by atomic mass is 9.84. The van der Waals surface area contributed by atoms with E-state index in [-0.39, 0.29) is 0 Å². The molecule has 55 heavy (non-hydrogen) atoms. The van der Waals surface area contributed by atoms with Crippen LogP contribution in [0.5, 0.6) is 0 Å². The average Bonchev–Trinajstić information content (AvgIpc) is 3.97. The Kier molecular flexibility index (Phi) is 6.34. The molecule has 0 aliphatic rings. The molecule has 3 aromatic heterocycles. The number of hydrogen-bond donors (Lipinski definition) is 0. The fraction of sp³-hybridized carbons (Fsp3) is 0. The van der Waals surface area contributed by atoms with E-state index in [0.29, 0.717) is 0 Å². The predicted molar refractivity (Wildman–Crippen MR) is 228 cm³/mol. The number of benzene rings is 9. The van der Waals surface area contributed by atoms with Gasteiger partial charge in [0.05, 0.1) is 11.6 Å². The van der Waals surface area contributed by atoms with Crippen molar-refractivity contribution in [1.29, 1.82) is 0 Å². The summed E-state index contributed by atoms with van der Waals surface area (Å²) in [7, 11) is 0. The zero-order chi connectivity index (χ0) is 36.0. The second kappa shape index (κ2) is 11.6. The maximum absolute atomic E-state index is 6.77. The van der Waals surface area contributed by atoms with Crippen LogP contribution in [-0.2, 0) is 0 Å². The smallest absolute Gasteiger partial charge is 0.147 e. The molecule has 0 atom stereocenters. The molecule has 0 spiro atoms. The van der Waals surface area contributed by atoms with Crippen LogP contribution in [0.15, 0.2) is 195 Å². The molecular formula is C52H30O3. The van der Waals surface area contributed by atoms with Gasteiger partial charge in [0.15, 0.2) is 0 Å². The Labute approximate surface area is 315 Å². The summed E-state index contributed by atoms with van der Waals surface area (Å²) in [4.78, 5) is 0. The van der Waals surface area contributed by atoms with Crippen molar-refractivity contribution in [1.82, 2.24) is 0 Å². The Morgan fingerprint density at radius 1 is 0.309 bits per heavy atom. The fourth-order valence-electron chi connectivity index (χ4n) is 8.88. The van der Waals surface area contributed by atoms with Crippen molar-refractivity contribution in [3.05, 3.63) is 182 Å². The normalized spacial score (nSPS) is 12.0. The standard InChI is InChI=1S/C52H30O3/c1-2-10-31(11-3-1)36-22-20-34(28-44(36)33-19-18-32-26-27-53-47(32)29-33)49-38-12-4-6-14-40(38)50(41-15-7-5-13-39(41)49)35-21-23-37-42-24-25-46-51(52(42)55-48(37)30-35)43-16-8-9-17-45(43)54-46/h1-30H. The monoisotopic (exact) mass is 702 g/mol. The Hall–Kier alpha value is -7.36. The predicted octanol–water partition coefficient (Wildman–Crippen LogP) is 15.2. The summed E-state index contributed by atoms with van der Waals surface area (Å²) >= 11 is 0. The van der Waals surface area contributed by atoms with Gasteiger partial charge in [-0.25, -0.2) is 0 Å². The lowest BCUT2D eigenvalue weighted by molar-refractivity contribution is 0.616. The fourth-order valence-corrected chi connectivity index (χ4v) is 8.88. The number of hydrogen-bond acceptors (Lipinski definition) is 3. The molecule has 0 fully saturated rings. The third-order valence-corrected chi connectivity index (χ3v) is 11.4. The number of para-hydroxylation sites is 1. The van der Waals surface area contributed by atoms with Crippen LogP contribution in [0.1, 0.15) is 0 Å². The van der Waals surface area contributed by atoms with E-state index in [9.17, 15) is 0 Å². The zero-order valence-corrected chi connectivity index (χ0v) is 29.5. The topological polar surface area (TPSA) is 39.4 Å². The Morgan fingerprint density at radius 3 is 1.69 bits per heavy atom. The maximum atomic E-state index is 6.77. The Bertz CT molecular complexity index is 3430. The van der Waals surface area contributed by atoms with Crippen LogP contribution in [0.25, 0.3) is 121 Å². The minimum absolute atomic E-state index is 0.835. The van der Waals surface area contributed by atoms with Crippen molar-refractivity contribution in [2.45, 2.75) is 0 Å². The first-order valence-electron chi connectivity index (χ1n) is 18.6. The lowest BCUT2D eigenvalue weighted by Crippen LogP contribution is -1.92. The quantitative estimate of drug-likeness (QED) is 0.171. The molecule has 12 aromatic rings. The van der Waals surface area contributed by atoms with Gasteiger partial charge in [0.25, 0.3) is 0 Å². The first kappa shape index (κ1) is 30.1. The highest BCUT2D eigenvalue weighted by atomic mass is 16.3. The van der Waals surface area contributed by atoms with E-state index >= 15 is 0 Å². The maximum Gasteiger partial charge on any atom is 0.147 e. The van der Waals surface area contributed by atoms with Gasteiger partial charge >= 0.3 is 0 Å². The molecule has 3 heteroatoms. The summed E-state index contributed by atoms with van der Waals surface area (Å²) in [6, 6.07) is 62.8. The van der Waals surface area contributed by atoms with Gasteiger partial charge in [0, 0.05) is 21.5 Å². The highest BCUT2D eigenvalue weighted by molar-refractivity contribution is 6.24. The van der Waals surface area contributed by atoms with E-state index in [2.05, 4.69) is 158 Å². The molecule has 0 radical (unpaired) electrons. The van der Waals surface area contributed by atoms with Gasteiger partial charge in [-0.15, -0.1) is 0 Å². The van der Waals surface area contributed by atoms with Crippen molar-refractivity contribution in [2.24, 2.45) is 0 Å². The van der Waals surface area contributed by atoms with E-state index in [1.54, 1.807) is 6.26 Å². The Balaban J connectivity index is 1.10. The van der Waals surface area contributed by atoms with Gasteiger partial charge in [-0.05, 0) is 115 Å². The minimum Gasteiger partial charge on any atom is -0.464 e. The molecule has 256 valence electrons. The molecule has 0 unspecified atom stereocenters. The number of rotatable bonds is 4. The van der Waals surface area contributed by atoms with Crippen LogP contribution in [-0.4, -0.2) is 0 Å². The van der Waals surface area contributed by atoms with Gasteiger partial charge < -0.3 is 13.3 Å².